The van der Waals surface area contributed by atoms with Gasteiger partial charge >= 0.3 is 0 Å². The number of pyridine rings is 1. The van der Waals surface area contributed by atoms with Gasteiger partial charge in [-0.1, -0.05) is 35.5 Å². The van der Waals surface area contributed by atoms with E-state index in [-0.39, 0.29) is 0 Å². The van der Waals surface area contributed by atoms with Gasteiger partial charge in [-0.15, -0.1) is 11.8 Å². The topological polar surface area (TPSA) is 50.8 Å². The standard InChI is InChI=1S/C22H20ClN3OS2/c1-27-18-6-7-20-21(13-18)26-22(25-20)29-14-17-12-19(8-10-24-17)28-11-9-15-2-4-16(23)5-3-15/h2-8,10,12-13H,9,11,14H2,1H3,(H,25,26). The summed E-state index contributed by atoms with van der Waals surface area (Å²) in [4.78, 5) is 13.7. The summed E-state index contributed by atoms with van der Waals surface area (Å²) in [5.74, 6) is 2.61. The van der Waals surface area contributed by atoms with Gasteiger partial charge in [0.05, 0.1) is 23.8 Å². The van der Waals surface area contributed by atoms with E-state index in [2.05, 4.69) is 39.2 Å². The molecule has 0 bridgehead atoms. The monoisotopic (exact) mass is 441 g/mol. The van der Waals surface area contributed by atoms with E-state index in [1.807, 2.05) is 48.3 Å². The van der Waals surface area contributed by atoms with Gasteiger partial charge in [0, 0.05) is 33.7 Å². The highest BCUT2D eigenvalue weighted by Gasteiger charge is 2.06. The molecule has 0 fully saturated rings. The normalized spacial score (nSPS) is 11.1. The number of hydrogen-bond donors (Lipinski definition) is 1. The van der Waals surface area contributed by atoms with Crippen molar-refractivity contribution in [3.63, 3.8) is 0 Å². The molecule has 0 amide bonds. The number of halogens is 1. The number of imidazole rings is 1. The molecule has 2 aromatic heterocycles. The maximum atomic E-state index is 5.94. The lowest BCUT2D eigenvalue weighted by Crippen LogP contribution is -1.91. The van der Waals surface area contributed by atoms with Gasteiger partial charge < -0.3 is 9.72 Å². The Morgan fingerprint density at radius 1 is 1.03 bits per heavy atom. The van der Waals surface area contributed by atoms with Crippen LogP contribution >= 0.6 is 35.1 Å². The highest BCUT2D eigenvalue weighted by atomic mass is 35.5. The van der Waals surface area contributed by atoms with Gasteiger partial charge in [0.1, 0.15) is 5.75 Å². The molecule has 0 saturated heterocycles. The molecule has 0 saturated carbocycles. The lowest BCUT2D eigenvalue weighted by Gasteiger charge is -2.05. The minimum absolute atomic E-state index is 0.766. The van der Waals surface area contributed by atoms with Crippen LogP contribution in [-0.4, -0.2) is 27.8 Å². The average Bonchev–Trinajstić information content (AvgIpc) is 3.16. The number of nitrogens with one attached hydrogen (secondary N) is 1. The molecule has 0 radical (unpaired) electrons. The van der Waals surface area contributed by atoms with E-state index in [0.717, 1.165) is 50.6 Å². The number of nitrogens with zero attached hydrogens (tertiary/aromatic N) is 2. The third-order valence-corrected chi connectivity index (χ3v) is 6.54. The molecule has 2 heterocycles. The Labute approximate surface area is 183 Å². The Morgan fingerprint density at radius 3 is 2.72 bits per heavy atom. The first-order chi connectivity index (χ1) is 14.2. The lowest BCUT2D eigenvalue weighted by molar-refractivity contribution is 0.415. The summed E-state index contributed by atoms with van der Waals surface area (Å²) < 4.78 is 5.27. The zero-order valence-corrected chi connectivity index (χ0v) is 18.3. The Kier molecular flexibility index (Phi) is 6.64. The molecule has 29 heavy (non-hydrogen) atoms. The van der Waals surface area contributed by atoms with Crippen LogP contribution in [0.15, 0.2) is 70.8 Å². The Hall–Kier alpha value is -2.15. The van der Waals surface area contributed by atoms with Crippen LogP contribution in [0.25, 0.3) is 11.0 Å². The predicted octanol–water partition coefficient (Wildman–Crippen LogP) is 6.25. The quantitative estimate of drug-likeness (QED) is 0.327. The summed E-state index contributed by atoms with van der Waals surface area (Å²) in [6.07, 6.45) is 2.89. The average molecular weight is 442 g/mol. The molecule has 0 unspecified atom stereocenters. The van der Waals surface area contributed by atoms with Crippen LogP contribution in [0.4, 0.5) is 0 Å². The van der Waals surface area contributed by atoms with E-state index < -0.39 is 0 Å². The Bertz CT molecular complexity index is 1100. The second kappa shape index (κ2) is 9.57. The molecule has 0 atom stereocenters. The molecule has 0 aliphatic rings. The number of ether oxygens (including phenoxy) is 1. The predicted molar refractivity (Wildman–Crippen MR) is 122 cm³/mol. The molecular formula is C22H20ClN3OS2. The zero-order valence-electron chi connectivity index (χ0n) is 15.9. The van der Waals surface area contributed by atoms with Crippen molar-refractivity contribution in [2.24, 2.45) is 0 Å². The molecule has 1 N–H and O–H groups in total. The van der Waals surface area contributed by atoms with E-state index in [1.54, 1.807) is 18.9 Å². The van der Waals surface area contributed by atoms with Gasteiger partial charge in [0.25, 0.3) is 0 Å². The number of benzene rings is 2. The number of hydrogen-bond acceptors (Lipinski definition) is 5. The fourth-order valence-electron chi connectivity index (χ4n) is 2.87. The van der Waals surface area contributed by atoms with Crippen molar-refractivity contribution < 1.29 is 4.74 Å². The number of rotatable bonds is 8. The molecular weight excluding hydrogens is 422 g/mol. The van der Waals surface area contributed by atoms with Crippen molar-refractivity contribution in [1.29, 1.82) is 0 Å². The fourth-order valence-corrected chi connectivity index (χ4v) is 4.73. The zero-order chi connectivity index (χ0) is 20.1. The summed E-state index contributed by atoms with van der Waals surface area (Å²) in [5, 5.41) is 1.66. The van der Waals surface area contributed by atoms with E-state index in [9.17, 15) is 0 Å². The van der Waals surface area contributed by atoms with Crippen molar-refractivity contribution >= 4 is 46.2 Å². The number of H-pyrrole nitrogens is 1. The number of aryl methyl sites for hydroxylation is 1. The van der Waals surface area contributed by atoms with Crippen LogP contribution in [0.1, 0.15) is 11.3 Å². The minimum Gasteiger partial charge on any atom is -0.497 e. The summed E-state index contributed by atoms with van der Waals surface area (Å²) in [6, 6.07) is 18.1. The summed E-state index contributed by atoms with van der Waals surface area (Å²) >= 11 is 9.44. The highest BCUT2D eigenvalue weighted by molar-refractivity contribution is 7.99. The Balaban J connectivity index is 1.33. The van der Waals surface area contributed by atoms with E-state index in [0.29, 0.717) is 0 Å². The maximum absolute atomic E-state index is 5.94. The van der Waals surface area contributed by atoms with Crippen LogP contribution in [0, 0.1) is 0 Å². The van der Waals surface area contributed by atoms with Crippen molar-refractivity contribution in [3.05, 3.63) is 77.1 Å². The van der Waals surface area contributed by atoms with Crippen molar-refractivity contribution in [2.45, 2.75) is 22.2 Å². The third kappa shape index (κ3) is 5.47. The second-order valence-electron chi connectivity index (χ2n) is 6.42. The van der Waals surface area contributed by atoms with E-state index >= 15 is 0 Å². The van der Waals surface area contributed by atoms with Gasteiger partial charge in [0.2, 0.25) is 0 Å². The third-order valence-electron chi connectivity index (χ3n) is 4.38. The van der Waals surface area contributed by atoms with Gasteiger partial charge in [-0.2, -0.15) is 0 Å². The van der Waals surface area contributed by atoms with Crippen LogP contribution in [-0.2, 0) is 12.2 Å². The van der Waals surface area contributed by atoms with Gasteiger partial charge in [-0.25, -0.2) is 4.98 Å². The first-order valence-corrected chi connectivity index (χ1v) is 11.5. The number of aromatic amines is 1. The maximum Gasteiger partial charge on any atom is 0.166 e. The smallest absolute Gasteiger partial charge is 0.166 e. The number of methoxy groups -OCH3 is 1. The molecule has 0 spiro atoms. The number of aromatic nitrogens is 3. The summed E-state index contributed by atoms with van der Waals surface area (Å²) in [7, 11) is 1.67. The lowest BCUT2D eigenvalue weighted by atomic mass is 10.2. The first-order valence-electron chi connectivity index (χ1n) is 9.18. The largest absolute Gasteiger partial charge is 0.497 e. The summed E-state index contributed by atoms with van der Waals surface area (Å²) in [6.45, 7) is 0. The second-order valence-corrected chi connectivity index (χ2v) is 8.99. The van der Waals surface area contributed by atoms with E-state index in [1.165, 1.54) is 10.5 Å². The summed E-state index contributed by atoms with van der Waals surface area (Å²) in [5.41, 5.74) is 4.26. The molecule has 4 rings (SSSR count). The van der Waals surface area contributed by atoms with E-state index in [4.69, 9.17) is 16.3 Å². The Morgan fingerprint density at radius 2 is 1.90 bits per heavy atom. The minimum atomic E-state index is 0.766. The van der Waals surface area contributed by atoms with Gasteiger partial charge in [-0.05, 0) is 48.4 Å². The SMILES string of the molecule is COc1ccc2nc(SCc3cc(SCCc4ccc(Cl)cc4)ccn3)[nH]c2c1. The molecule has 4 aromatic rings. The number of fused-ring (bicyclic) bond motifs is 1. The van der Waals surface area contributed by atoms with Crippen molar-refractivity contribution in [3.8, 4) is 5.75 Å². The van der Waals surface area contributed by atoms with Crippen LogP contribution in [0.3, 0.4) is 0 Å². The molecule has 0 aliphatic carbocycles. The van der Waals surface area contributed by atoms with Gasteiger partial charge in [-0.3, -0.25) is 4.98 Å². The molecule has 0 aliphatic heterocycles. The molecule has 7 heteroatoms. The van der Waals surface area contributed by atoms with Crippen LogP contribution in [0.5, 0.6) is 5.75 Å². The molecule has 2 aromatic carbocycles. The van der Waals surface area contributed by atoms with Crippen LogP contribution in [0.2, 0.25) is 5.02 Å². The first kappa shape index (κ1) is 20.1. The fraction of sp³-hybridized carbons (Fsp3) is 0.182. The number of thioether (sulfide) groups is 2. The van der Waals surface area contributed by atoms with Crippen molar-refractivity contribution in [1.82, 2.24) is 15.0 Å². The van der Waals surface area contributed by atoms with Crippen molar-refractivity contribution in [2.75, 3.05) is 12.9 Å². The highest BCUT2D eigenvalue weighted by Crippen LogP contribution is 2.26. The molecule has 148 valence electrons. The van der Waals surface area contributed by atoms with Gasteiger partial charge in [0.15, 0.2) is 5.16 Å². The molecule has 4 nitrogen and oxygen atoms in total. The van der Waals surface area contributed by atoms with Crippen LogP contribution < -0.4 is 4.74 Å².